The molecule has 0 bridgehead atoms. The van der Waals surface area contributed by atoms with Gasteiger partial charge in [0.1, 0.15) is 22.8 Å². The molecule has 6 rings (SSSR count). The lowest BCUT2D eigenvalue weighted by Gasteiger charge is -2.46. The Morgan fingerprint density at radius 3 is 2.51 bits per heavy atom. The summed E-state index contributed by atoms with van der Waals surface area (Å²) in [7, 11) is 0. The number of hydrogen-bond acceptors (Lipinski definition) is 7. The number of hydrogen-bond donors (Lipinski definition) is 3. The van der Waals surface area contributed by atoms with Gasteiger partial charge in [-0.1, -0.05) is 18.2 Å². The van der Waals surface area contributed by atoms with Crippen molar-refractivity contribution in [3.63, 3.8) is 0 Å². The number of aliphatic hydroxyl groups excluding tert-OH is 1. The summed E-state index contributed by atoms with van der Waals surface area (Å²) in [5.41, 5.74) is -0.211. The highest BCUT2D eigenvalue weighted by atomic mass is 19.3. The van der Waals surface area contributed by atoms with Crippen LogP contribution in [0, 0.1) is 5.82 Å². The van der Waals surface area contributed by atoms with Gasteiger partial charge in [0.05, 0.1) is 23.1 Å². The van der Waals surface area contributed by atoms with E-state index in [2.05, 4.69) is 15.0 Å². The van der Waals surface area contributed by atoms with Crippen molar-refractivity contribution in [1.29, 1.82) is 0 Å². The zero-order valence-corrected chi connectivity index (χ0v) is 19.6. The Morgan fingerprint density at radius 2 is 1.84 bits per heavy atom. The van der Waals surface area contributed by atoms with E-state index in [-0.39, 0.29) is 42.0 Å². The van der Waals surface area contributed by atoms with Crippen molar-refractivity contribution >= 4 is 5.65 Å². The van der Waals surface area contributed by atoms with E-state index in [9.17, 15) is 24.1 Å². The molecule has 4 aromatic rings. The fraction of sp³-hybridized carbons (Fsp3) is 0.346. The van der Waals surface area contributed by atoms with E-state index in [0.29, 0.717) is 22.5 Å². The Kier molecular flexibility index (Phi) is 5.30. The average molecular weight is 512 g/mol. The van der Waals surface area contributed by atoms with Crippen LogP contribution < -0.4 is 4.74 Å². The molecule has 3 N–H and O–H groups in total. The van der Waals surface area contributed by atoms with Crippen LogP contribution in [0.25, 0.3) is 16.8 Å². The van der Waals surface area contributed by atoms with Crippen LogP contribution in [0.5, 0.6) is 5.75 Å². The number of benzene rings is 1. The maximum absolute atomic E-state index is 15.1. The predicted octanol–water partition coefficient (Wildman–Crippen LogP) is 3.83. The van der Waals surface area contributed by atoms with E-state index in [1.807, 2.05) is 0 Å². The van der Waals surface area contributed by atoms with Crippen LogP contribution in [0.3, 0.4) is 0 Å². The van der Waals surface area contributed by atoms with Crippen molar-refractivity contribution < 1.29 is 33.2 Å². The summed E-state index contributed by atoms with van der Waals surface area (Å²) in [6.45, 7) is -1.39. The SMILES string of the molecule is CC1(O)CC(O)(c2ncc(-c3cn4c5c(nc4cc3F)[C@H](O)C[C@@H]5c3ccccc3OC(F)F)cn2)C1. The minimum atomic E-state index is -3.01. The molecule has 3 aromatic heterocycles. The van der Waals surface area contributed by atoms with Crippen molar-refractivity contribution in [2.75, 3.05) is 0 Å². The Labute approximate surface area is 209 Å². The van der Waals surface area contributed by atoms with Crippen molar-refractivity contribution in [1.82, 2.24) is 19.4 Å². The summed E-state index contributed by atoms with van der Waals surface area (Å²) < 4.78 is 47.6. The van der Waals surface area contributed by atoms with Gasteiger partial charge in [-0.25, -0.2) is 19.3 Å². The molecule has 192 valence electrons. The molecular formula is C26H23F3N4O4. The van der Waals surface area contributed by atoms with Gasteiger partial charge in [-0.05, 0) is 19.4 Å². The van der Waals surface area contributed by atoms with E-state index < -0.39 is 35.7 Å². The second-order valence-corrected chi connectivity index (χ2v) is 10.0. The number of halogens is 3. The molecule has 2 aliphatic rings. The van der Waals surface area contributed by atoms with Gasteiger partial charge in [0.15, 0.2) is 5.82 Å². The van der Waals surface area contributed by atoms with Gasteiger partial charge >= 0.3 is 6.61 Å². The first-order valence-corrected chi connectivity index (χ1v) is 11.8. The topological polar surface area (TPSA) is 113 Å². The zero-order chi connectivity index (χ0) is 26.1. The molecule has 0 spiro atoms. The number of imidazole rings is 1. The molecule has 1 aromatic carbocycles. The highest BCUT2D eigenvalue weighted by Crippen LogP contribution is 2.48. The molecule has 0 radical (unpaired) electrons. The maximum Gasteiger partial charge on any atom is 0.387 e. The predicted molar refractivity (Wildman–Crippen MR) is 124 cm³/mol. The number of fused-ring (bicyclic) bond motifs is 3. The highest BCUT2D eigenvalue weighted by molar-refractivity contribution is 5.65. The standard InChI is InChI=1S/C26H23F3N4O4/c1-25(35)11-26(36,12-25)23-30-8-13(9-31-23)16-10-33-20(7-17(16)27)32-21-18(34)6-15(22(21)33)14-4-2-3-5-19(14)37-24(28)29/h2-5,7-10,15,18,24,34-36H,6,11-12H2,1H3/t15-,18-,25?,26?/m1/s1. The Balaban J connectivity index is 1.41. The molecule has 37 heavy (non-hydrogen) atoms. The van der Waals surface area contributed by atoms with Gasteiger partial charge in [-0.3, -0.25) is 0 Å². The molecular weight excluding hydrogens is 489 g/mol. The van der Waals surface area contributed by atoms with E-state index in [1.54, 1.807) is 29.5 Å². The van der Waals surface area contributed by atoms with Crippen LogP contribution in [-0.4, -0.2) is 46.9 Å². The number of alkyl halides is 2. The van der Waals surface area contributed by atoms with Gasteiger partial charge in [0.25, 0.3) is 0 Å². The van der Waals surface area contributed by atoms with Gasteiger partial charge in [-0.2, -0.15) is 8.78 Å². The quantitative estimate of drug-likeness (QED) is 0.373. The summed E-state index contributed by atoms with van der Waals surface area (Å²) in [5, 5.41) is 31.3. The van der Waals surface area contributed by atoms with Crippen LogP contribution in [0.2, 0.25) is 0 Å². The second kappa shape index (κ2) is 8.23. The summed E-state index contributed by atoms with van der Waals surface area (Å²) in [6.07, 6.45) is 3.74. The Morgan fingerprint density at radius 1 is 1.14 bits per heavy atom. The lowest BCUT2D eigenvalue weighted by Crippen LogP contribution is -2.53. The Bertz CT molecular complexity index is 1500. The van der Waals surface area contributed by atoms with Crippen molar-refractivity contribution in [3.05, 3.63) is 77.5 Å². The molecule has 0 aliphatic heterocycles. The molecule has 11 heteroatoms. The molecule has 2 aliphatic carbocycles. The Hall–Kier alpha value is -3.54. The summed E-state index contributed by atoms with van der Waals surface area (Å²) in [4.78, 5) is 12.8. The molecule has 1 saturated carbocycles. The van der Waals surface area contributed by atoms with Crippen LogP contribution >= 0.6 is 0 Å². The van der Waals surface area contributed by atoms with Crippen LogP contribution in [0.1, 0.15) is 61.0 Å². The molecule has 0 amide bonds. The largest absolute Gasteiger partial charge is 0.435 e. The van der Waals surface area contributed by atoms with Gasteiger partial charge in [-0.15, -0.1) is 0 Å². The first kappa shape index (κ1) is 23.8. The second-order valence-electron chi connectivity index (χ2n) is 10.0. The minimum Gasteiger partial charge on any atom is -0.435 e. The fourth-order valence-corrected chi connectivity index (χ4v) is 5.67. The molecule has 3 heterocycles. The first-order valence-electron chi connectivity index (χ1n) is 11.8. The zero-order valence-electron chi connectivity index (χ0n) is 19.6. The van der Waals surface area contributed by atoms with E-state index >= 15 is 4.39 Å². The third-order valence-electron chi connectivity index (χ3n) is 7.12. The van der Waals surface area contributed by atoms with Crippen LogP contribution in [0.4, 0.5) is 13.2 Å². The van der Waals surface area contributed by atoms with Crippen molar-refractivity contribution in [2.45, 2.75) is 56.0 Å². The van der Waals surface area contributed by atoms with E-state index in [4.69, 9.17) is 4.74 Å². The number of aromatic nitrogens is 4. The molecule has 8 nitrogen and oxygen atoms in total. The van der Waals surface area contributed by atoms with Gasteiger partial charge < -0.3 is 24.5 Å². The van der Waals surface area contributed by atoms with E-state index in [0.717, 1.165) is 0 Å². The molecule has 2 atom stereocenters. The summed E-state index contributed by atoms with van der Waals surface area (Å²) in [6, 6.07) is 7.60. The average Bonchev–Trinajstić information content (AvgIpc) is 3.34. The lowest BCUT2D eigenvalue weighted by atomic mass is 9.68. The van der Waals surface area contributed by atoms with Gasteiger partial charge in [0, 0.05) is 60.1 Å². The summed E-state index contributed by atoms with van der Waals surface area (Å²) >= 11 is 0. The fourth-order valence-electron chi connectivity index (χ4n) is 5.67. The monoisotopic (exact) mass is 512 g/mol. The highest BCUT2D eigenvalue weighted by Gasteiger charge is 2.53. The van der Waals surface area contributed by atoms with E-state index in [1.165, 1.54) is 30.7 Å². The molecule has 0 unspecified atom stereocenters. The summed E-state index contributed by atoms with van der Waals surface area (Å²) in [5.74, 6) is -0.971. The van der Waals surface area contributed by atoms with Crippen molar-refractivity contribution in [3.8, 4) is 16.9 Å². The molecule has 1 fully saturated rings. The number of para-hydroxylation sites is 1. The number of nitrogens with zero attached hydrogens (tertiary/aromatic N) is 4. The molecule has 0 saturated heterocycles. The number of aliphatic hydroxyl groups is 3. The normalized spacial score (nSPS) is 26.9. The number of ether oxygens (including phenoxy) is 1. The van der Waals surface area contributed by atoms with Crippen LogP contribution in [-0.2, 0) is 5.60 Å². The van der Waals surface area contributed by atoms with Crippen LogP contribution in [0.15, 0.2) is 48.9 Å². The lowest BCUT2D eigenvalue weighted by molar-refractivity contribution is -0.180. The third kappa shape index (κ3) is 3.94. The number of pyridine rings is 1. The van der Waals surface area contributed by atoms with Gasteiger partial charge in [0.2, 0.25) is 0 Å². The number of rotatable bonds is 5. The minimum absolute atomic E-state index is 0.00303. The first-order chi connectivity index (χ1) is 17.5. The third-order valence-corrected chi connectivity index (χ3v) is 7.12. The maximum atomic E-state index is 15.1. The van der Waals surface area contributed by atoms with Crippen molar-refractivity contribution in [2.24, 2.45) is 0 Å². The smallest absolute Gasteiger partial charge is 0.387 e.